The number of carbonyl (C=O) groups is 1. The fraction of sp³-hybridized carbons (Fsp3) is 0.933. The van der Waals surface area contributed by atoms with Gasteiger partial charge in [0.2, 0.25) is 5.91 Å². The van der Waals surface area contributed by atoms with E-state index in [1.165, 1.54) is 19.3 Å². The summed E-state index contributed by atoms with van der Waals surface area (Å²) in [7, 11) is 1.94. The number of hydrogen-bond acceptors (Lipinski definition) is 1. The summed E-state index contributed by atoms with van der Waals surface area (Å²) >= 11 is 5.90. The molecule has 0 heterocycles. The van der Waals surface area contributed by atoms with Crippen LogP contribution in [0.4, 0.5) is 0 Å². The zero-order chi connectivity index (χ0) is 12.9. The van der Waals surface area contributed by atoms with Gasteiger partial charge in [-0.1, -0.05) is 0 Å². The van der Waals surface area contributed by atoms with Crippen molar-refractivity contribution in [2.24, 2.45) is 23.2 Å². The van der Waals surface area contributed by atoms with Crippen LogP contribution in [0, 0.1) is 23.2 Å². The highest BCUT2D eigenvalue weighted by atomic mass is 35.5. The Morgan fingerprint density at radius 1 is 1.22 bits per heavy atom. The van der Waals surface area contributed by atoms with Crippen LogP contribution in [-0.4, -0.2) is 29.8 Å². The molecule has 3 heteroatoms. The van der Waals surface area contributed by atoms with Gasteiger partial charge in [0, 0.05) is 19.0 Å². The van der Waals surface area contributed by atoms with Gasteiger partial charge in [-0.25, -0.2) is 0 Å². The number of rotatable bonds is 3. The first-order valence-electron chi connectivity index (χ1n) is 7.37. The van der Waals surface area contributed by atoms with E-state index in [4.69, 9.17) is 11.6 Å². The third-order valence-electron chi connectivity index (χ3n) is 5.70. The van der Waals surface area contributed by atoms with Crippen LogP contribution in [0.2, 0.25) is 0 Å². The molecule has 0 aromatic rings. The van der Waals surface area contributed by atoms with Gasteiger partial charge in [0.05, 0.1) is 5.41 Å². The van der Waals surface area contributed by atoms with Gasteiger partial charge >= 0.3 is 0 Å². The molecule has 4 bridgehead atoms. The standard InChI is InChI=1S/C15H24ClNO/c1-10(9-16)17(2)14(18)15-6-11-3-12(7-15)5-13(4-11)8-15/h10-13H,3-9H2,1-2H3. The maximum Gasteiger partial charge on any atom is 0.228 e. The smallest absolute Gasteiger partial charge is 0.228 e. The second kappa shape index (κ2) is 4.40. The van der Waals surface area contributed by atoms with Crippen LogP contribution >= 0.6 is 11.6 Å². The Kier molecular flexibility index (Phi) is 3.12. The lowest BCUT2D eigenvalue weighted by molar-refractivity contribution is -0.157. The fourth-order valence-corrected chi connectivity index (χ4v) is 5.26. The van der Waals surface area contributed by atoms with Crippen LogP contribution in [0.1, 0.15) is 45.4 Å². The Morgan fingerprint density at radius 2 is 1.67 bits per heavy atom. The molecular weight excluding hydrogens is 246 g/mol. The van der Waals surface area contributed by atoms with Gasteiger partial charge in [-0.3, -0.25) is 4.79 Å². The maximum absolute atomic E-state index is 12.9. The summed E-state index contributed by atoms with van der Waals surface area (Å²) < 4.78 is 0. The molecule has 18 heavy (non-hydrogen) atoms. The zero-order valence-electron chi connectivity index (χ0n) is 11.5. The van der Waals surface area contributed by atoms with Crippen molar-refractivity contribution in [1.82, 2.24) is 4.90 Å². The van der Waals surface area contributed by atoms with Crippen molar-refractivity contribution >= 4 is 17.5 Å². The molecule has 2 nitrogen and oxygen atoms in total. The molecule has 4 fully saturated rings. The monoisotopic (exact) mass is 269 g/mol. The van der Waals surface area contributed by atoms with E-state index in [2.05, 4.69) is 0 Å². The molecule has 4 rings (SSSR count). The first-order valence-corrected chi connectivity index (χ1v) is 7.91. The van der Waals surface area contributed by atoms with Gasteiger partial charge in [-0.2, -0.15) is 0 Å². The van der Waals surface area contributed by atoms with Crippen LogP contribution in [0.5, 0.6) is 0 Å². The van der Waals surface area contributed by atoms with Gasteiger partial charge in [0.1, 0.15) is 0 Å². The van der Waals surface area contributed by atoms with E-state index in [0.29, 0.717) is 11.8 Å². The van der Waals surface area contributed by atoms with Crippen molar-refractivity contribution in [3.8, 4) is 0 Å². The summed E-state index contributed by atoms with van der Waals surface area (Å²) in [5.41, 5.74) is -0.0101. The predicted molar refractivity (Wildman–Crippen MR) is 73.6 cm³/mol. The van der Waals surface area contributed by atoms with Crippen molar-refractivity contribution in [1.29, 1.82) is 0 Å². The van der Waals surface area contributed by atoms with Crippen LogP contribution in [0.15, 0.2) is 0 Å². The third-order valence-corrected chi connectivity index (χ3v) is 6.14. The Balaban J connectivity index is 1.80. The topological polar surface area (TPSA) is 20.3 Å². The highest BCUT2D eigenvalue weighted by Crippen LogP contribution is 2.60. The molecule has 4 aliphatic carbocycles. The molecule has 1 atom stereocenters. The van der Waals surface area contributed by atoms with Crippen LogP contribution in [0.3, 0.4) is 0 Å². The molecule has 0 radical (unpaired) electrons. The SMILES string of the molecule is CC(CCl)N(C)C(=O)C12CC3CC(CC(C3)C1)C2. The molecule has 102 valence electrons. The number of halogens is 1. The lowest BCUT2D eigenvalue weighted by Gasteiger charge is -2.56. The Bertz CT molecular complexity index is 319. The minimum absolute atomic E-state index is 0.0101. The second-order valence-corrected chi connectivity index (χ2v) is 7.43. The molecule has 0 N–H and O–H groups in total. The van der Waals surface area contributed by atoms with Crippen LogP contribution < -0.4 is 0 Å². The summed E-state index contributed by atoms with van der Waals surface area (Å²) in [6.45, 7) is 2.05. The summed E-state index contributed by atoms with van der Waals surface area (Å²) in [4.78, 5) is 14.8. The van der Waals surface area contributed by atoms with E-state index < -0.39 is 0 Å². The minimum atomic E-state index is -0.0101. The highest BCUT2D eigenvalue weighted by Gasteiger charge is 2.55. The van der Waals surface area contributed by atoms with E-state index in [-0.39, 0.29) is 11.5 Å². The van der Waals surface area contributed by atoms with Gasteiger partial charge in [-0.05, 0) is 63.2 Å². The minimum Gasteiger partial charge on any atom is -0.341 e. The molecule has 0 aliphatic heterocycles. The van der Waals surface area contributed by atoms with E-state index in [1.54, 1.807) is 0 Å². The molecule has 1 unspecified atom stereocenters. The number of alkyl halides is 1. The first kappa shape index (κ1) is 12.8. The third kappa shape index (κ3) is 1.88. The fourth-order valence-electron chi connectivity index (χ4n) is 5.05. The van der Waals surface area contributed by atoms with Crippen molar-refractivity contribution in [2.45, 2.75) is 51.5 Å². The van der Waals surface area contributed by atoms with Crippen molar-refractivity contribution in [2.75, 3.05) is 12.9 Å². The lowest BCUT2D eigenvalue weighted by Crippen LogP contribution is -2.55. The Morgan fingerprint density at radius 3 is 2.06 bits per heavy atom. The molecular formula is C15H24ClNO. The summed E-state index contributed by atoms with van der Waals surface area (Å²) in [6, 6.07) is 0.159. The second-order valence-electron chi connectivity index (χ2n) is 7.12. The molecule has 0 aromatic carbocycles. The quantitative estimate of drug-likeness (QED) is 0.720. The highest BCUT2D eigenvalue weighted by molar-refractivity contribution is 6.18. The number of amides is 1. The molecule has 0 saturated heterocycles. The molecule has 0 spiro atoms. The summed E-state index contributed by atoms with van der Waals surface area (Å²) in [5.74, 6) is 3.42. The summed E-state index contributed by atoms with van der Waals surface area (Å²) in [6.07, 6.45) is 7.62. The van der Waals surface area contributed by atoms with Crippen molar-refractivity contribution in [3.63, 3.8) is 0 Å². The summed E-state index contributed by atoms with van der Waals surface area (Å²) in [5, 5.41) is 0. The van der Waals surface area contributed by atoms with Gasteiger partial charge in [0.15, 0.2) is 0 Å². The van der Waals surface area contributed by atoms with Gasteiger partial charge < -0.3 is 4.90 Å². The normalized spacial score (nSPS) is 42.9. The maximum atomic E-state index is 12.9. The number of carbonyl (C=O) groups excluding carboxylic acids is 1. The van der Waals surface area contributed by atoms with E-state index in [1.807, 2.05) is 18.9 Å². The van der Waals surface area contributed by atoms with Gasteiger partial charge in [-0.15, -0.1) is 11.6 Å². The van der Waals surface area contributed by atoms with Crippen molar-refractivity contribution in [3.05, 3.63) is 0 Å². The lowest BCUT2D eigenvalue weighted by atomic mass is 9.49. The van der Waals surface area contributed by atoms with E-state index in [0.717, 1.165) is 37.0 Å². The molecule has 0 aromatic heterocycles. The predicted octanol–water partition coefficient (Wildman–Crippen LogP) is 3.29. The van der Waals surface area contributed by atoms with Crippen LogP contribution in [0.25, 0.3) is 0 Å². The first-order chi connectivity index (χ1) is 8.54. The number of hydrogen-bond donors (Lipinski definition) is 0. The zero-order valence-corrected chi connectivity index (χ0v) is 12.2. The molecule has 4 aliphatic rings. The van der Waals surface area contributed by atoms with Gasteiger partial charge in [0.25, 0.3) is 0 Å². The number of nitrogens with zero attached hydrogens (tertiary/aromatic N) is 1. The van der Waals surface area contributed by atoms with Crippen molar-refractivity contribution < 1.29 is 4.79 Å². The Hall–Kier alpha value is -0.240. The Labute approximate surface area is 115 Å². The van der Waals surface area contributed by atoms with Crippen LogP contribution in [-0.2, 0) is 4.79 Å². The van der Waals surface area contributed by atoms with E-state index in [9.17, 15) is 4.79 Å². The average molecular weight is 270 g/mol. The van der Waals surface area contributed by atoms with E-state index >= 15 is 0 Å². The largest absolute Gasteiger partial charge is 0.341 e. The molecule has 4 saturated carbocycles. The average Bonchev–Trinajstić information content (AvgIpc) is 2.34. The molecule has 1 amide bonds.